The highest BCUT2D eigenvalue weighted by Gasteiger charge is 2.13. The number of carbonyl (C=O) groups excluding carboxylic acids is 1. The summed E-state index contributed by atoms with van der Waals surface area (Å²) in [6, 6.07) is 9.56. The molecule has 3 rings (SSSR count). The molecule has 7 heteroatoms. The van der Waals surface area contributed by atoms with Gasteiger partial charge in [-0.1, -0.05) is 11.3 Å². The lowest BCUT2D eigenvalue weighted by Gasteiger charge is -2.03. The maximum atomic E-state index is 13.1. The number of aromatic nitrogens is 1. The van der Waals surface area contributed by atoms with Crippen LogP contribution >= 0.6 is 33.9 Å². The maximum absolute atomic E-state index is 13.1. The smallest absolute Gasteiger partial charge is 0.258 e. The summed E-state index contributed by atoms with van der Waals surface area (Å²) in [5, 5.41) is 3.24. The molecule has 0 spiro atoms. The van der Waals surface area contributed by atoms with Crippen molar-refractivity contribution >= 4 is 55.2 Å². The van der Waals surface area contributed by atoms with Crippen molar-refractivity contribution in [1.82, 2.24) is 4.98 Å². The number of benzene rings is 2. The minimum absolute atomic E-state index is 0.310. The monoisotopic (exact) mass is 428 g/mol. The molecule has 112 valence electrons. The van der Waals surface area contributed by atoms with E-state index < -0.39 is 0 Å². The number of hydrogen-bond acceptors (Lipinski definition) is 4. The summed E-state index contributed by atoms with van der Waals surface area (Å²) in [7, 11) is 1.60. The third-order valence-corrected chi connectivity index (χ3v) is 4.82. The molecule has 1 aromatic heterocycles. The molecular weight excluding hydrogens is 418 g/mol. The highest BCUT2D eigenvalue weighted by Crippen LogP contribution is 2.29. The molecule has 1 amide bonds. The highest BCUT2D eigenvalue weighted by molar-refractivity contribution is 14.1. The van der Waals surface area contributed by atoms with Gasteiger partial charge < -0.3 is 4.74 Å². The number of ether oxygens (including phenoxy) is 1. The summed E-state index contributed by atoms with van der Waals surface area (Å²) >= 11 is 3.29. The number of thiazole rings is 1. The number of carbonyl (C=O) groups is 1. The highest BCUT2D eigenvalue weighted by atomic mass is 127. The molecule has 1 N–H and O–H groups in total. The molecule has 0 saturated carbocycles. The Kier molecular flexibility index (Phi) is 4.25. The van der Waals surface area contributed by atoms with E-state index in [0.29, 0.717) is 14.3 Å². The number of nitrogens with zero attached hydrogens (tertiary/aromatic N) is 1. The van der Waals surface area contributed by atoms with E-state index in [1.165, 1.54) is 29.5 Å². The summed E-state index contributed by atoms with van der Waals surface area (Å²) in [6.45, 7) is 0. The average Bonchev–Trinajstić information content (AvgIpc) is 2.87. The summed E-state index contributed by atoms with van der Waals surface area (Å²) < 4.78 is 19.7. The Morgan fingerprint density at radius 3 is 2.86 bits per heavy atom. The normalized spacial score (nSPS) is 10.7. The van der Waals surface area contributed by atoms with Gasteiger partial charge in [-0.25, -0.2) is 9.37 Å². The molecule has 0 fully saturated rings. The Morgan fingerprint density at radius 1 is 1.32 bits per heavy atom. The van der Waals surface area contributed by atoms with Gasteiger partial charge in [0.2, 0.25) is 0 Å². The van der Waals surface area contributed by atoms with Crippen LogP contribution in [0, 0.1) is 9.39 Å². The number of anilines is 1. The van der Waals surface area contributed by atoms with Gasteiger partial charge in [0, 0.05) is 3.57 Å². The summed E-state index contributed by atoms with van der Waals surface area (Å²) in [4.78, 5) is 16.6. The van der Waals surface area contributed by atoms with Crippen molar-refractivity contribution in [2.24, 2.45) is 0 Å². The first-order valence-electron chi connectivity index (χ1n) is 6.28. The van der Waals surface area contributed by atoms with E-state index >= 15 is 0 Å². The molecule has 3 aromatic rings. The van der Waals surface area contributed by atoms with Crippen LogP contribution in [0.3, 0.4) is 0 Å². The second-order valence-corrected chi connectivity index (χ2v) is 6.62. The first-order valence-corrected chi connectivity index (χ1v) is 8.17. The second-order valence-electron chi connectivity index (χ2n) is 4.43. The van der Waals surface area contributed by atoms with Crippen LogP contribution in [0.15, 0.2) is 36.4 Å². The molecule has 0 aliphatic carbocycles. The molecule has 0 saturated heterocycles. The van der Waals surface area contributed by atoms with E-state index in [2.05, 4.69) is 10.3 Å². The number of halogens is 2. The molecule has 0 atom stereocenters. The standard InChI is InChI=1S/C15H10FIN2O2S/c1-21-9-3-5-12-13(7-9)22-15(18-12)19-14(20)10-4-2-8(16)6-11(10)17/h2-7H,1H3,(H,18,19,20). The van der Waals surface area contributed by atoms with Crippen LogP contribution in [0.5, 0.6) is 5.75 Å². The van der Waals surface area contributed by atoms with Gasteiger partial charge in [0.25, 0.3) is 5.91 Å². The van der Waals surface area contributed by atoms with Gasteiger partial charge in [0.05, 0.1) is 22.9 Å². The van der Waals surface area contributed by atoms with E-state index in [9.17, 15) is 9.18 Å². The van der Waals surface area contributed by atoms with Crippen molar-refractivity contribution in [2.45, 2.75) is 0 Å². The Labute approximate surface area is 143 Å². The van der Waals surface area contributed by atoms with Gasteiger partial charge in [-0.15, -0.1) is 0 Å². The summed E-state index contributed by atoms with van der Waals surface area (Å²) in [5.41, 5.74) is 1.20. The SMILES string of the molecule is COc1ccc2nc(NC(=O)c3ccc(F)cc3I)sc2c1. The molecule has 2 aromatic carbocycles. The fourth-order valence-electron chi connectivity index (χ4n) is 1.92. The number of rotatable bonds is 3. The molecule has 1 heterocycles. The third-order valence-electron chi connectivity index (χ3n) is 2.99. The Morgan fingerprint density at radius 2 is 2.14 bits per heavy atom. The van der Waals surface area contributed by atoms with E-state index in [1.807, 2.05) is 40.8 Å². The van der Waals surface area contributed by atoms with Gasteiger partial charge >= 0.3 is 0 Å². The van der Waals surface area contributed by atoms with Crippen LogP contribution in [-0.2, 0) is 0 Å². The average molecular weight is 428 g/mol. The van der Waals surface area contributed by atoms with E-state index in [4.69, 9.17) is 4.74 Å². The van der Waals surface area contributed by atoms with E-state index in [0.717, 1.165) is 16.0 Å². The molecule has 22 heavy (non-hydrogen) atoms. The number of hydrogen-bond donors (Lipinski definition) is 1. The van der Waals surface area contributed by atoms with E-state index in [1.54, 1.807) is 7.11 Å². The van der Waals surface area contributed by atoms with Crippen LogP contribution in [0.4, 0.5) is 9.52 Å². The Bertz CT molecular complexity index is 866. The number of fused-ring (bicyclic) bond motifs is 1. The van der Waals surface area contributed by atoms with Crippen molar-refractivity contribution in [3.05, 3.63) is 51.3 Å². The lowest BCUT2D eigenvalue weighted by atomic mass is 10.2. The second kappa shape index (κ2) is 6.17. The quantitative estimate of drug-likeness (QED) is 0.633. The molecule has 0 unspecified atom stereocenters. The predicted molar refractivity (Wildman–Crippen MR) is 93.2 cm³/mol. The van der Waals surface area contributed by atoms with Gasteiger partial charge in [-0.05, 0) is 59.0 Å². The minimum Gasteiger partial charge on any atom is -0.497 e. The van der Waals surface area contributed by atoms with Crippen molar-refractivity contribution in [2.75, 3.05) is 12.4 Å². The van der Waals surface area contributed by atoms with Gasteiger partial charge in [-0.2, -0.15) is 0 Å². The van der Waals surface area contributed by atoms with Crippen LogP contribution in [0.25, 0.3) is 10.2 Å². The van der Waals surface area contributed by atoms with Crippen LogP contribution in [-0.4, -0.2) is 18.0 Å². The zero-order valence-electron chi connectivity index (χ0n) is 11.4. The maximum Gasteiger partial charge on any atom is 0.258 e. The minimum atomic E-state index is -0.368. The summed E-state index contributed by atoms with van der Waals surface area (Å²) in [5.74, 6) is 0.0607. The molecule has 0 bridgehead atoms. The number of methoxy groups -OCH3 is 1. The van der Waals surface area contributed by atoms with Crippen LogP contribution in [0.1, 0.15) is 10.4 Å². The summed E-state index contributed by atoms with van der Waals surface area (Å²) in [6.07, 6.45) is 0. The lowest BCUT2D eigenvalue weighted by Crippen LogP contribution is -2.13. The van der Waals surface area contributed by atoms with Gasteiger partial charge in [0.15, 0.2) is 5.13 Å². The number of nitrogens with one attached hydrogen (secondary N) is 1. The van der Waals surface area contributed by atoms with Crippen molar-refractivity contribution in [3.63, 3.8) is 0 Å². The van der Waals surface area contributed by atoms with E-state index in [-0.39, 0.29) is 11.7 Å². The molecule has 0 radical (unpaired) electrons. The van der Waals surface area contributed by atoms with Crippen molar-refractivity contribution in [1.29, 1.82) is 0 Å². The van der Waals surface area contributed by atoms with Crippen LogP contribution in [0.2, 0.25) is 0 Å². The fourth-order valence-corrected chi connectivity index (χ4v) is 3.54. The molecule has 0 aliphatic rings. The van der Waals surface area contributed by atoms with Gasteiger partial charge in [0.1, 0.15) is 11.6 Å². The topological polar surface area (TPSA) is 51.2 Å². The zero-order valence-corrected chi connectivity index (χ0v) is 14.4. The molecule has 0 aliphatic heterocycles. The molecule has 4 nitrogen and oxygen atoms in total. The fraction of sp³-hybridized carbons (Fsp3) is 0.0667. The first-order chi connectivity index (χ1) is 10.6. The van der Waals surface area contributed by atoms with Gasteiger partial charge in [-0.3, -0.25) is 10.1 Å². The van der Waals surface area contributed by atoms with Crippen molar-refractivity contribution < 1.29 is 13.9 Å². The predicted octanol–water partition coefficient (Wildman–Crippen LogP) is 4.30. The Balaban J connectivity index is 1.87. The molecular formula is C15H10FIN2O2S. The lowest BCUT2D eigenvalue weighted by molar-refractivity contribution is 0.102. The largest absolute Gasteiger partial charge is 0.497 e. The number of amides is 1. The van der Waals surface area contributed by atoms with Crippen molar-refractivity contribution in [3.8, 4) is 5.75 Å². The van der Waals surface area contributed by atoms with Crippen LogP contribution < -0.4 is 10.1 Å². The Hall–Kier alpha value is -1.74. The zero-order chi connectivity index (χ0) is 15.7. The first kappa shape index (κ1) is 15.2. The third kappa shape index (κ3) is 3.05.